The minimum Gasteiger partial charge on any atom is -0.504 e. The zero-order chi connectivity index (χ0) is 12.5. The number of terminal acetylenes is 1. The zero-order valence-electron chi connectivity index (χ0n) is 7.88. The lowest BCUT2D eigenvalue weighted by atomic mass is 10.00. The molecule has 1 aromatic rings. The molecule has 0 aromatic heterocycles. The van der Waals surface area contributed by atoms with Crippen molar-refractivity contribution in [3.05, 3.63) is 17.2 Å². The summed E-state index contributed by atoms with van der Waals surface area (Å²) in [7, 11) is 0. The van der Waals surface area contributed by atoms with Crippen LogP contribution in [0.2, 0.25) is 0 Å². The molecule has 84 valence electrons. The van der Waals surface area contributed by atoms with Crippen molar-refractivity contribution in [1.82, 2.24) is 0 Å². The van der Waals surface area contributed by atoms with E-state index >= 15 is 0 Å². The van der Waals surface area contributed by atoms with Gasteiger partial charge in [-0.2, -0.15) is 0 Å². The Balaban J connectivity index is 3.62. The second kappa shape index (κ2) is 4.00. The Hall–Kier alpha value is -2.39. The number of aromatic hydroxyl groups is 3. The fourth-order valence-corrected chi connectivity index (χ4v) is 1.20. The third kappa shape index (κ3) is 1.71. The number of aliphatic hydroxyl groups is 1. The molecule has 0 aliphatic heterocycles. The Morgan fingerprint density at radius 3 is 2.31 bits per heavy atom. The van der Waals surface area contributed by atoms with Gasteiger partial charge in [0.15, 0.2) is 11.5 Å². The van der Waals surface area contributed by atoms with Crippen LogP contribution in [0.5, 0.6) is 17.2 Å². The normalized spacial score (nSPS) is 11.8. The van der Waals surface area contributed by atoms with Gasteiger partial charge in [-0.1, -0.05) is 5.92 Å². The summed E-state index contributed by atoms with van der Waals surface area (Å²) in [6.45, 7) is 0. The Labute approximate surface area is 90.0 Å². The number of hydrogen-bond donors (Lipinski definition) is 5. The van der Waals surface area contributed by atoms with Crippen molar-refractivity contribution in [2.45, 2.75) is 6.10 Å². The van der Waals surface area contributed by atoms with Gasteiger partial charge in [0.25, 0.3) is 0 Å². The van der Waals surface area contributed by atoms with E-state index < -0.39 is 40.4 Å². The van der Waals surface area contributed by atoms with Crippen LogP contribution in [-0.4, -0.2) is 31.5 Å². The summed E-state index contributed by atoms with van der Waals surface area (Å²) < 4.78 is 0. The van der Waals surface area contributed by atoms with Crippen LogP contribution >= 0.6 is 0 Å². The van der Waals surface area contributed by atoms with E-state index in [9.17, 15) is 15.0 Å². The number of rotatable bonds is 2. The molecular weight excluding hydrogens is 216 g/mol. The molecule has 1 rings (SSSR count). The van der Waals surface area contributed by atoms with Crippen molar-refractivity contribution in [2.75, 3.05) is 0 Å². The molecular formula is C10H8O6. The summed E-state index contributed by atoms with van der Waals surface area (Å²) in [5.41, 5.74) is -1.12. The molecule has 0 saturated carbocycles. The maximum absolute atomic E-state index is 10.8. The molecule has 0 aliphatic rings. The van der Waals surface area contributed by atoms with Gasteiger partial charge in [-0.3, -0.25) is 0 Å². The number of aromatic carboxylic acids is 1. The first kappa shape index (κ1) is 11.7. The Morgan fingerprint density at radius 2 is 1.88 bits per heavy atom. The molecule has 1 aromatic carbocycles. The van der Waals surface area contributed by atoms with Crippen molar-refractivity contribution in [3.63, 3.8) is 0 Å². The van der Waals surface area contributed by atoms with Crippen molar-refractivity contribution < 1.29 is 30.3 Å². The van der Waals surface area contributed by atoms with Crippen molar-refractivity contribution in [1.29, 1.82) is 0 Å². The number of phenolic OH excluding ortho intramolecular Hbond substituents is 3. The number of benzene rings is 1. The first-order valence-corrected chi connectivity index (χ1v) is 4.05. The van der Waals surface area contributed by atoms with Crippen molar-refractivity contribution in [3.8, 4) is 29.6 Å². The van der Waals surface area contributed by atoms with E-state index in [-0.39, 0.29) is 0 Å². The van der Waals surface area contributed by atoms with Gasteiger partial charge in [-0.25, -0.2) is 4.79 Å². The van der Waals surface area contributed by atoms with E-state index in [0.29, 0.717) is 6.07 Å². The molecule has 0 saturated heterocycles. The number of carbonyl (C=O) groups is 1. The predicted molar refractivity (Wildman–Crippen MR) is 52.2 cm³/mol. The van der Waals surface area contributed by atoms with Gasteiger partial charge in [0.1, 0.15) is 6.10 Å². The fraction of sp³-hybridized carbons (Fsp3) is 0.100. The maximum atomic E-state index is 10.8. The van der Waals surface area contributed by atoms with Gasteiger partial charge < -0.3 is 25.5 Å². The second-order valence-electron chi connectivity index (χ2n) is 2.93. The summed E-state index contributed by atoms with van der Waals surface area (Å²) in [6, 6.07) is 0.688. The predicted octanol–water partition coefficient (Wildman–Crippen LogP) is 0.168. The summed E-state index contributed by atoms with van der Waals surface area (Å²) in [6.07, 6.45) is 3.19. The van der Waals surface area contributed by atoms with Crippen LogP contribution in [-0.2, 0) is 0 Å². The molecule has 16 heavy (non-hydrogen) atoms. The highest BCUT2D eigenvalue weighted by Crippen LogP contribution is 2.42. The van der Waals surface area contributed by atoms with Crippen molar-refractivity contribution >= 4 is 5.97 Å². The van der Waals surface area contributed by atoms with Crippen LogP contribution in [0.3, 0.4) is 0 Å². The average molecular weight is 224 g/mol. The van der Waals surface area contributed by atoms with E-state index in [4.69, 9.17) is 21.7 Å². The standard InChI is InChI=1S/C10H8O6/c1-2-5(11)7-4(10(15)16)3-6(12)8(13)9(7)14/h1,3,5,11-14H,(H,15,16). The van der Waals surface area contributed by atoms with Gasteiger partial charge in [0, 0.05) is 0 Å². The highest BCUT2D eigenvalue weighted by Gasteiger charge is 2.25. The van der Waals surface area contributed by atoms with Crippen LogP contribution in [0, 0.1) is 12.3 Å². The average Bonchev–Trinajstić information content (AvgIpc) is 2.24. The SMILES string of the molecule is C#CC(O)c1c(C(=O)O)cc(O)c(O)c1O. The molecule has 6 heteroatoms. The van der Waals surface area contributed by atoms with Crippen LogP contribution < -0.4 is 0 Å². The molecule has 1 atom stereocenters. The molecule has 0 bridgehead atoms. The van der Waals surface area contributed by atoms with Gasteiger partial charge in [-0.15, -0.1) is 6.42 Å². The highest BCUT2D eigenvalue weighted by molar-refractivity contribution is 5.92. The maximum Gasteiger partial charge on any atom is 0.336 e. The molecule has 0 aliphatic carbocycles. The Kier molecular flexibility index (Phi) is 2.92. The molecule has 6 nitrogen and oxygen atoms in total. The highest BCUT2D eigenvalue weighted by atomic mass is 16.4. The summed E-state index contributed by atoms with van der Waals surface area (Å²) in [4.78, 5) is 10.8. The molecule has 0 radical (unpaired) electrons. The third-order valence-electron chi connectivity index (χ3n) is 1.95. The number of phenols is 3. The summed E-state index contributed by atoms with van der Waals surface area (Å²) >= 11 is 0. The van der Waals surface area contributed by atoms with Gasteiger partial charge in [0.05, 0.1) is 11.1 Å². The van der Waals surface area contributed by atoms with E-state index in [0.717, 1.165) is 0 Å². The molecule has 0 spiro atoms. The first-order valence-electron chi connectivity index (χ1n) is 4.05. The zero-order valence-corrected chi connectivity index (χ0v) is 7.88. The minimum absolute atomic E-state index is 0.537. The lowest BCUT2D eigenvalue weighted by molar-refractivity contribution is 0.0690. The summed E-state index contributed by atoms with van der Waals surface area (Å²) in [5.74, 6) is -2.41. The van der Waals surface area contributed by atoms with Crippen LogP contribution in [0.1, 0.15) is 22.0 Å². The van der Waals surface area contributed by atoms with Gasteiger partial charge >= 0.3 is 5.97 Å². The lowest BCUT2D eigenvalue weighted by Crippen LogP contribution is -2.06. The van der Waals surface area contributed by atoms with Crippen LogP contribution in [0.15, 0.2) is 6.07 Å². The van der Waals surface area contributed by atoms with Crippen LogP contribution in [0.4, 0.5) is 0 Å². The molecule has 0 amide bonds. The number of hydrogen-bond acceptors (Lipinski definition) is 5. The van der Waals surface area contributed by atoms with E-state index in [1.807, 2.05) is 0 Å². The molecule has 5 N–H and O–H groups in total. The smallest absolute Gasteiger partial charge is 0.336 e. The van der Waals surface area contributed by atoms with E-state index in [1.165, 1.54) is 0 Å². The summed E-state index contributed by atoms with van der Waals surface area (Å²) in [5, 5.41) is 45.7. The number of carboxylic acids is 1. The van der Waals surface area contributed by atoms with Crippen LogP contribution in [0.25, 0.3) is 0 Å². The largest absolute Gasteiger partial charge is 0.504 e. The quantitative estimate of drug-likeness (QED) is 0.361. The Morgan fingerprint density at radius 1 is 1.31 bits per heavy atom. The van der Waals surface area contributed by atoms with E-state index in [1.54, 1.807) is 5.92 Å². The monoisotopic (exact) mass is 224 g/mol. The second-order valence-corrected chi connectivity index (χ2v) is 2.93. The molecule has 0 fully saturated rings. The third-order valence-corrected chi connectivity index (χ3v) is 1.95. The van der Waals surface area contributed by atoms with Gasteiger partial charge in [0.2, 0.25) is 5.75 Å². The lowest BCUT2D eigenvalue weighted by Gasteiger charge is -2.12. The molecule has 1 unspecified atom stereocenters. The number of carboxylic acid groups (broad SMARTS) is 1. The van der Waals surface area contributed by atoms with Crippen molar-refractivity contribution in [2.24, 2.45) is 0 Å². The minimum atomic E-state index is -1.70. The van der Waals surface area contributed by atoms with E-state index in [2.05, 4.69) is 0 Å². The first-order chi connectivity index (χ1) is 7.40. The fourth-order valence-electron chi connectivity index (χ4n) is 1.20. The number of aliphatic hydroxyl groups excluding tert-OH is 1. The Bertz CT molecular complexity index is 485. The topological polar surface area (TPSA) is 118 Å². The van der Waals surface area contributed by atoms with Gasteiger partial charge in [-0.05, 0) is 6.07 Å². The molecule has 0 heterocycles.